The molecule has 0 aliphatic carbocycles. The maximum atomic E-state index is 12.7. The van der Waals surface area contributed by atoms with Crippen LogP contribution < -0.4 is 0 Å². The van der Waals surface area contributed by atoms with Gasteiger partial charge in [0.2, 0.25) is 0 Å². The molecule has 0 amide bonds. The van der Waals surface area contributed by atoms with Crippen LogP contribution >= 0.6 is 0 Å². The molecular weight excluding hydrogens is 302 g/mol. The minimum absolute atomic E-state index is 0.151. The van der Waals surface area contributed by atoms with E-state index in [1.165, 1.54) is 4.57 Å². The van der Waals surface area contributed by atoms with Gasteiger partial charge < -0.3 is 9.84 Å². The number of rotatable bonds is 2. The molecular formula is C20H15NO3. The zero-order valence-corrected chi connectivity index (χ0v) is 12.8. The number of carbonyl (C=O) groups is 1. The number of phenolic OH excluding ortho intramolecular Hbond substituents is 1. The van der Waals surface area contributed by atoms with Crippen molar-refractivity contribution in [2.24, 2.45) is 0 Å². The van der Waals surface area contributed by atoms with Crippen molar-refractivity contribution in [2.45, 2.75) is 6.61 Å². The molecule has 0 aliphatic rings. The Hall–Kier alpha value is -3.27. The third kappa shape index (κ3) is 2.29. The second kappa shape index (κ2) is 5.74. The summed E-state index contributed by atoms with van der Waals surface area (Å²) in [7, 11) is 0. The number of aromatic hydroxyl groups is 1. The third-order valence-corrected chi connectivity index (χ3v) is 4.06. The molecule has 0 aliphatic heterocycles. The molecule has 4 nitrogen and oxygen atoms in total. The summed E-state index contributed by atoms with van der Waals surface area (Å²) in [4.78, 5) is 12.7. The second-order valence-electron chi connectivity index (χ2n) is 5.56. The number of para-hydroxylation sites is 1. The lowest BCUT2D eigenvalue weighted by atomic mass is 10.1. The molecule has 1 N–H and O–H groups in total. The van der Waals surface area contributed by atoms with Gasteiger partial charge in [-0.1, -0.05) is 54.6 Å². The van der Waals surface area contributed by atoms with E-state index in [0.717, 1.165) is 10.9 Å². The molecule has 0 spiro atoms. The van der Waals surface area contributed by atoms with Crippen molar-refractivity contribution in [3.63, 3.8) is 0 Å². The summed E-state index contributed by atoms with van der Waals surface area (Å²) >= 11 is 0. The highest BCUT2D eigenvalue weighted by Gasteiger charge is 2.18. The standard InChI is InChI=1S/C20H15NO3/c22-18-12-6-11-17-19(18)15-9-4-5-10-16(15)21(17)20(23)24-13-14-7-2-1-3-8-14/h1-12,22H,13H2. The first-order valence-electron chi connectivity index (χ1n) is 7.68. The van der Waals surface area contributed by atoms with Crippen molar-refractivity contribution in [2.75, 3.05) is 0 Å². The SMILES string of the molecule is O=C(OCc1ccccc1)n1c2ccccc2c2c(O)cccc21. The highest BCUT2D eigenvalue weighted by molar-refractivity contribution is 6.14. The van der Waals surface area contributed by atoms with E-state index < -0.39 is 6.09 Å². The number of ether oxygens (including phenoxy) is 1. The molecule has 1 heterocycles. The fraction of sp³-hybridized carbons (Fsp3) is 0.0500. The molecule has 4 heteroatoms. The van der Waals surface area contributed by atoms with Gasteiger partial charge in [-0.3, -0.25) is 0 Å². The Morgan fingerprint density at radius 2 is 1.58 bits per heavy atom. The largest absolute Gasteiger partial charge is 0.507 e. The van der Waals surface area contributed by atoms with Crippen LogP contribution in [0.25, 0.3) is 21.8 Å². The van der Waals surface area contributed by atoms with E-state index in [1.54, 1.807) is 18.2 Å². The number of benzene rings is 3. The van der Waals surface area contributed by atoms with Gasteiger partial charge in [0, 0.05) is 10.8 Å². The molecule has 0 saturated carbocycles. The Morgan fingerprint density at radius 3 is 2.42 bits per heavy atom. The molecule has 0 saturated heterocycles. The number of hydrogen-bond donors (Lipinski definition) is 1. The number of phenols is 1. The number of aromatic nitrogens is 1. The van der Waals surface area contributed by atoms with E-state index in [0.29, 0.717) is 16.4 Å². The molecule has 0 radical (unpaired) electrons. The molecule has 1 aromatic heterocycles. The predicted octanol–water partition coefficient (Wildman–Crippen LogP) is 4.69. The molecule has 0 unspecified atom stereocenters. The van der Waals surface area contributed by atoms with Crippen LogP contribution in [0.5, 0.6) is 5.75 Å². The van der Waals surface area contributed by atoms with Crippen LogP contribution in [0.15, 0.2) is 72.8 Å². The smallest absolute Gasteiger partial charge is 0.419 e. The molecule has 0 bridgehead atoms. The summed E-state index contributed by atoms with van der Waals surface area (Å²) in [6.07, 6.45) is -0.462. The van der Waals surface area contributed by atoms with E-state index in [1.807, 2.05) is 54.6 Å². The van der Waals surface area contributed by atoms with Crippen molar-refractivity contribution in [1.29, 1.82) is 0 Å². The minimum Gasteiger partial charge on any atom is -0.507 e. The van der Waals surface area contributed by atoms with Gasteiger partial charge >= 0.3 is 6.09 Å². The maximum Gasteiger partial charge on any atom is 0.419 e. The zero-order valence-electron chi connectivity index (χ0n) is 12.8. The number of hydrogen-bond acceptors (Lipinski definition) is 3. The lowest BCUT2D eigenvalue weighted by Crippen LogP contribution is -2.13. The van der Waals surface area contributed by atoms with Crippen molar-refractivity contribution < 1.29 is 14.6 Å². The number of nitrogens with zero attached hydrogens (tertiary/aromatic N) is 1. The highest BCUT2D eigenvalue weighted by atomic mass is 16.5. The van der Waals surface area contributed by atoms with Crippen LogP contribution in [0.3, 0.4) is 0 Å². The first kappa shape index (κ1) is 14.3. The van der Waals surface area contributed by atoms with Crippen LogP contribution in [-0.2, 0) is 11.3 Å². The van der Waals surface area contributed by atoms with E-state index in [4.69, 9.17) is 4.74 Å². The summed E-state index contributed by atoms with van der Waals surface area (Å²) < 4.78 is 6.98. The topological polar surface area (TPSA) is 51.5 Å². The summed E-state index contributed by atoms with van der Waals surface area (Å²) in [6.45, 7) is 0.201. The van der Waals surface area contributed by atoms with E-state index >= 15 is 0 Å². The Balaban J connectivity index is 1.80. The average Bonchev–Trinajstić information content (AvgIpc) is 2.96. The first-order valence-corrected chi connectivity index (χ1v) is 7.68. The van der Waals surface area contributed by atoms with E-state index in [2.05, 4.69) is 0 Å². The Morgan fingerprint density at radius 1 is 0.875 bits per heavy atom. The van der Waals surface area contributed by atoms with Gasteiger partial charge in [-0.15, -0.1) is 0 Å². The predicted molar refractivity (Wildman–Crippen MR) is 93.1 cm³/mol. The Labute approximate surface area is 138 Å². The van der Waals surface area contributed by atoms with Gasteiger partial charge in [0.15, 0.2) is 0 Å². The molecule has 4 rings (SSSR count). The van der Waals surface area contributed by atoms with E-state index in [9.17, 15) is 9.90 Å². The van der Waals surface area contributed by atoms with Gasteiger partial charge in [0.05, 0.1) is 11.0 Å². The van der Waals surface area contributed by atoms with Crippen molar-refractivity contribution >= 4 is 27.9 Å². The van der Waals surface area contributed by atoms with Crippen LogP contribution in [0, 0.1) is 0 Å². The monoisotopic (exact) mass is 317 g/mol. The molecule has 24 heavy (non-hydrogen) atoms. The summed E-state index contributed by atoms with van der Waals surface area (Å²) in [5, 5.41) is 11.7. The number of fused-ring (bicyclic) bond motifs is 3. The second-order valence-corrected chi connectivity index (χ2v) is 5.56. The van der Waals surface area contributed by atoms with Gasteiger partial charge in [-0.25, -0.2) is 9.36 Å². The Bertz CT molecular complexity index is 1030. The zero-order chi connectivity index (χ0) is 16.5. The fourth-order valence-corrected chi connectivity index (χ4v) is 2.98. The van der Waals surface area contributed by atoms with Gasteiger partial charge in [-0.2, -0.15) is 0 Å². The molecule has 3 aromatic carbocycles. The van der Waals surface area contributed by atoms with Crippen molar-refractivity contribution in [3.8, 4) is 5.75 Å². The van der Waals surface area contributed by atoms with Gasteiger partial charge in [0.1, 0.15) is 12.4 Å². The van der Waals surface area contributed by atoms with Crippen molar-refractivity contribution in [3.05, 3.63) is 78.4 Å². The van der Waals surface area contributed by atoms with Gasteiger partial charge in [-0.05, 0) is 23.8 Å². The fourth-order valence-electron chi connectivity index (χ4n) is 2.98. The normalized spacial score (nSPS) is 11.0. The van der Waals surface area contributed by atoms with Crippen LogP contribution in [0.4, 0.5) is 4.79 Å². The lowest BCUT2D eigenvalue weighted by Gasteiger charge is -2.08. The average molecular weight is 317 g/mol. The maximum absolute atomic E-state index is 12.7. The quantitative estimate of drug-likeness (QED) is 0.584. The summed E-state index contributed by atoms with van der Waals surface area (Å²) in [6, 6.07) is 22.2. The summed E-state index contributed by atoms with van der Waals surface area (Å²) in [5.74, 6) is 0.151. The first-order chi connectivity index (χ1) is 11.8. The minimum atomic E-state index is -0.462. The molecule has 4 aromatic rings. The van der Waals surface area contributed by atoms with Crippen LogP contribution in [0.2, 0.25) is 0 Å². The molecule has 118 valence electrons. The summed E-state index contributed by atoms with van der Waals surface area (Å²) in [5.41, 5.74) is 2.27. The van der Waals surface area contributed by atoms with Crippen LogP contribution in [0.1, 0.15) is 5.56 Å². The van der Waals surface area contributed by atoms with Gasteiger partial charge in [0.25, 0.3) is 0 Å². The third-order valence-electron chi connectivity index (χ3n) is 4.06. The highest BCUT2D eigenvalue weighted by Crippen LogP contribution is 2.34. The van der Waals surface area contributed by atoms with E-state index in [-0.39, 0.29) is 12.4 Å². The van der Waals surface area contributed by atoms with Crippen LogP contribution in [-0.4, -0.2) is 15.8 Å². The Kier molecular flexibility index (Phi) is 3.43. The van der Waals surface area contributed by atoms with Crippen molar-refractivity contribution in [1.82, 2.24) is 4.57 Å². The molecule has 0 atom stereocenters. The number of carbonyl (C=O) groups excluding carboxylic acids is 1. The molecule has 0 fully saturated rings. The lowest BCUT2D eigenvalue weighted by molar-refractivity contribution is 0.143.